The Kier molecular flexibility index (Phi) is 3.75. The number of nitrogens with one attached hydrogen (secondary N) is 1. The summed E-state index contributed by atoms with van der Waals surface area (Å²) in [6, 6.07) is 6.43. The van der Waals surface area contributed by atoms with Crippen LogP contribution in [0, 0.1) is 13.8 Å². The Labute approximate surface area is 108 Å². The predicted octanol–water partition coefficient (Wildman–Crippen LogP) is 2.26. The Morgan fingerprint density at radius 3 is 2.61 bits per heavy atom. The first-order valence-corrected chi connectivity index (χ1v) is 6.45. The molecule has 3 N–H and O–H groups in total. The van der Waals surface area contributed by atoms with Crippen molar-refractivity contribution in [2.24, 2.45) is 5.73 Å². The van der Waals surface area contributed by atoms with Gasteiger partial charge < -0.3 is 16.0 Å². The van der Waals surface area contributed by atoms with E-state index in [1.165, 1.54) is 16.8 Å². The number of urea groups is 1. The van der Waals surface area contributed by atoms with Gasteiger partial charge in [-0.05, 0) is 43.9 Å². The molecule has 1 heterocycles. The van der Waals surface area contributed by atoms with E-state index in [1.54, 1.807) is 4.90 Å². The van der Waals surface area contributed by atoms with E-state index in [1.807, 2.05) is 0 Å². The SMILES string of the molecule is Cc1cccc(NC2CCN(C(N)=O)CC2)c1C. The second-order valence-electron chi connectivity index (χ2n) is 4.99. The summed E-state index contributed by atoms with van der Waals surface area (Å²) in [5.74, 6) is 0. The summed E-state index contributed by atoms with van der Waals surface area (Å²) in [6.07, 6.45) is 1.91. The van der Waals surface area contributed by atoms with Gasteiger partial charge in [0.15, 0.2) is 0 Å². The van der Waals surface area contributed by atoms with Crippen molar-refractivity contribution in [3.8, 4) is 0 Å². The average Bonchev–Trinajstić information content (AvgIpc) is 2.36. The molecule has 1 aromatic carbocycles. The number of benzene rings is 1. The van der Waals surface area contributed by atoms with Crippen LogP contribution in [0.4, 0.5) is 10.5 Å². The maximum atomic E-state index is 11.0. The van der Waals surface area contributed by atoms with Crippen LogP contribution >= 0.6 is 0 Å². The van der Waals surface area contributed by atoms with Gasteiger partial charge in [0.1, 0.15) is 0 Å². The van der Waals surface area contributed by atoms with E-state index in [0.717, 1.165) is 25.9 Å². The lowest BCUT2D eigenvalue weighted by Crippen LogP contribution is -2.44. The molecule has 98 valence electrons. The molecule has 18 heavy (non-hydrogen) atoms. The van der Waals surface area contributed by atoms with Crippen molar-refractivity contribution in [2.75, 3.05) is 18.4 Å². The number of aryl methyl sites for hydroxylation is 1. The van der Waals surface area contributed by atoms with Crippen molar-refractivity contribution < 1.29 is 4.79 Å². The van der Waals surface area contributed by atoms with Crippen molar-refractivity contribution in [3.05, 3.63) is 29.3 Å². The Hall–Kier alpha value is -1.71. The number of hydrogen-bond donors (Lipinski definition) is 2. The smallest absolute Gasteiger partial charge is 0.314 e. The minimum absolute atomic E-state index is 0.305. The molecule has 4 nitrogen and oxygen atoms in total. The fraction of sp³-hybridized carbons (Fsp3) is 0.500. The van der Waals surface area contributed by atoms with Crippen LogP contribution in [0.2, 0.25) is 0 Å². The number of amides is 2. The lowest BCUT2D eigenvalue weighted by Gasteiger charge is -2.32. The third kappa shape index (κ3) is 2.75. The van der Waals surface area contributed by atoms with E-state index in [9.17, 15) is 4.79 Å². The number of rotatable bonds is 2. The largest absolute Gasteiger partial charge is 0.382 e. The van der Waals surface area contributed by atoms with Crippen molar-refractivity contribution in [1.82, 2.24) is 4.90 Å². The van der Waals surface area contributed by atoms with Crippen molar-refractivity contribution in [3.63, 3.8) is 0 Å². The topological polar surface area (TPSA) is 58.4 Å². The molecule has 0 spiro atoms. The highest BCUT2D eigenvalue weighted by Crippen LogP contribution is 2.22. The molecule has 0 saturated carbocycles. The zero-order chi connectivity index (χ0) is 13.1. The molecule has 0 atom stereocenters. The van der Waals surface area contributed by atoms with Crippen LogP contribution in [0.5, 0.6) is 0 Å². The summed E-state index contributed by atoms with van der Waals surface area (Å²) < 4.78 is 0. The number of primary amides is 1. The molecule has 2 amide bonds. The van der Waals surface area contributed by atoms with Gasteiger partial charge in [-0.25, -0.2) is 4.79 Å². The van der Waals surface area contributed by atoms with Gasteiger partial charge in [0, 0.05) is 24.8 Å². The quantitative estimate of drug-likeness (QED) is 0.842. The van der Waals surface area contributed by atoms with Crippen LogP contribution < -0.4 is 11.1 Å². The number of hydrogen-bond acceptors (Lipinski definition) is 2. The molecule has 1 fully saturated rings. The highest BCUT2D eigenvalue weighted by molar-refractivity contribution is 5.72. The minimum Gasteiger partial charge on any atom is -0.382 e. The number of piperidine rings is 1. The van der Waals surface area contributed by atoms with Crippen LogP contribution in [0.15, 0.2) is 18.2 Å². The Bertz CT molecular complexity index is 437. The first kappa shape index (κ1) is 12.7. The zero-order valence-electron chi connectivity index (χ0n) is 11.1. The molecule has 4 heteroatoms. The van der Waals surface area contributed by atoms with Crippen LogP contribution in [-0.4, -0.2) is 30.1 Å². The van der Waals surface area contributed by atoms with Crippen molar-refractivity contribution in [1.29, 1.82) is 0 Å². The molecular weight excluding hydrogens is 226 g/mol. The fourth-order valence-corrected chi connectivity index (χ4v) is 2.37. The number of likely N-dealkylation sites (tertiary alicyclic amines) is 1. The lowest BCUT2D eigenvalue weighted by molar-refractivity contribution is 0.193. The molecule has 0 bridgehead atoms. The maximum absolute atomic E-state index is 11.0. The summed E-state index contributed by atoms with van der Waals surface area (Å²) in [7, 11) is 0. The third-order valence-corrected chi connectivity index (χ3v) is 3.77. The van der Waals surface area contributed by atoms with Gasteiger partial charge in [-0.1, -0.05) is 12.1 Å². The Morgan fingerprint density at radius 2 is 2.00 bits per heavy atom. The second kappa shape index (κ2) is 5.29. The van der Waals surface area contributed by atoms with Gasteiger partial charge in [0.05, 0.1) is 0 Å². The van der Waals surface area contributed by atoms with E-state index >= 15 is 0 Å². The normalized spacial score (nSPS) is 16.7. The van der Waals surface area contributed by atoms with Gasteiger partial charge in [-0.3, -0.25) is 0 Å². The van der Waals surface area contributed by atoms with Crippen molar-refractivity contribution >= 4 is 11.7 Å². The van der Waals surface area contributed by atoms with Gasteiger partial charge in [-0.15, -0.1) is 0 Å². The molecule has 0 radical (unpaired) electrons. The summed E-state index contributed by atoms with van der Waals surface area (Å²) in [4.78, 5) is 12.8. The molecule has 1 aliphatic rings. The number of carbonyl (C=O) groups is 1. The van der Waals surface area contributed by atoms with Crippen LogP contribution in [0.1, 0.15) is 24.0 Å². The number of nitrogens with two attached hydrogens (primary N) is 1. The second-order valence-corrected chi connectivity index (χ2v) is 4.99. The first-order valence-electron chi connectivity index (χ1n) is 6.45. The lowest BCUT2D eigenvalue weighted by atomic mass is 10.0. The maximum Gasteiger partial charge on any atom is 0.314 e. The zero-order valence-corrected chi connectivity index (χ0v) is 11.1. The Balaban J connectivity index is 1.96. The highest BCUT2D eigenvalue weighted by atomic mass is 16.2. The fourth-order valence-electron chi connectivity index (χ4n) is 2.37. The van der Waals surface area contributed by atoms with E-state index in [2.05, 4.69) is 37.4 Å². The van der Waals surface area contributed by atoms with E-state index in [4.69, 9.17) is 5.73 Å². The standard InChI is InChI=1S/C14H21N3O/c1-10-4-3-5-13(11(10)2)16-12-6-8-17(9-7-12)14(15)18/h3-5,12,16H,6-9H2,1-2H3,(H2,15,18). The van der Waals surface area contributed by atoms with Crippen LogP contribution in [0.3, 0.4) is 0 Å². The molecular formula is C14H21N3O. The van der Waals surface area contributed by atoms with Gasteiger partial charge in [0.25, 0.3) is 0 Å². The summed E-state index contributed by atoms with van der Waals surface area (Å²) in [5, 5.41) is 3.57. The summed E-state index contributed by atoms with van der Waals surface area (Å²) >= 11 is 0. The van der Waals surface area contributed by atoms with Crippen molar-refractivity contribution in [2.45, 2.75) is 32.7 Å². The minimum atomic E-state index is -0.305. The third-order valence-electron chi connectivity index (χ3n) is 3.77. The summed E-state index contributed by atoms with van der Waals surface area (Å²) in [6.45, 7) is 5.75. The Morgan fingerprint density at radius 1 is 1.33 bits per heavy atom. The van der Waals surface area contributed by atoms with Gasteiger partial charge >= 0.3 is 6.03 Å². The first-order chi connectivity index (χ1) is 8.58. The van der Waals surface area contributed by atoms with Gasteiger partial charge in [0.2, 0.25) is 0 Å². The highest BCUT2D eigenvalue weighted by Gasteiger charge is 2.21. The predicted molar refractivity (Wildman–Crippen MR) is 73.7 cm³/mol. The molecule has 0 aliphatic carbocycles. The number of anilines is 1. The molecule has 1 saturated heterocycles. The van der Waals surface area contributed by atoms with Crippen LogP contribution in [-0.2, 0) is 0 Å². The molecule has 0 aromatic heterocycles. The van der Waals surface area contributed by atoms with Crippen LogP contribution in [0.25, 0.3) is 0 Å². The number of carbonyl (C=O) groups excluding carboxylic acids is 1. The monoisotopic (exact) mass is 247 g/mol. The molecule has 0 unspecified atom stereocenters. The molecule has 1 aliphatic heterocycles. The van der Waals surface area contributed by atoms with E-state index < -0.39 is 0 Å². The molecule has 1 aromatic rings. The van der Waals surface area contributed by atoms with E-state index in [0.29, 0.717) is 6.04 Å². The average molecular weight is 247 g/mol. The van der Waals surface area contributed by atoms with Gasteiger partial charge in [-0.2, -0.15) is 0 Å². The molecule has 2 rings (SSSR count). The summed E-state index contributed by atoms with van der Waals surface area (Å²) in [5.41, 5.74) is 9.08. The number of nitrogens with zero attached hydrogens (tertiary/aromatic N) is 1. The van der Waals surface area contributed by atoms with E-state index in [-0.39, 0.29) is 6.03 Å².